The fourth-order valence-electron chi connectivity index (χ4n) is 5.22. The number of carbonyl (C=O) groups excluding carboxylic acids is 1. The van der Waals surface area contributed by atoms with Gasteiger partial charge in [-0.15, -0.1) is 0 Å². The van der Waals surface area contributed by atoms with Crippen molar-refractivity contribution in [3.63, 3.8) is 0 Å². The minimum atomic E-state index is -0.0235. The van der Waals surface area contributed by atoms with E-state index in [4.69, 9.17) is 14.2 Å². The van der Waals surface area contributed by atoms with Gasteiger partial charge in [-0.05, 0) is 73.4 Å². The molecule has 0 radical (unpaired) electrons. The number of likely N-dealkylation sites (N-methyl/N-ethyl adjacent to an activating group) is 1. The number of anilines is 1. The summed E-state index contributed by atoms with van der Waals surface area (Å²) in [5.41, 5.74) is 3.37. The van der Waals surface area contributed by atoms with Gasteiger partial charge in [0.1, 0.15) is 11.9 Å². The Balaban J connectivity index is 1.47. The molecule has 5 rings (SSSR count). The molecule has 0 saturated heterocycles. The first-order chi connectivity index (χ1) is 14.6. The van der Waals surface area contributed by atoms with Crippen molar-refractivity contribution in [3.05, 3.63) is 47.5 Å². The van der Waals surface area contributed by atoms with Crippen LogP contribution in [0.4, 0.5) is 5.69 Å². The van der Waals surface area contributed by atoms with Crippen LogP contribution in [0.1, 0.15) is 36.8 Å². The van der Waals surface area contributed by atoms with Gasteiger partial charge in [0.2, 0.25) is 0 Å². The number of methoxy groups -OCH3 is 2. The highest BCUT2D eigenvalue weighted by Gasteiger charge is 2.41. The molecule has 2 bridgehead atoms. The van der Waals surface area contributed by atoms with Gasteiger partial charge in [0.15, 0.2) is 11.5 Å². The molecular weight excluding hydrogens is 378 g/mol. The number of rotatable bonds is 5. The summed E-state index contributed by atoms with van der Waals surface area (Å²) in [7, 11) is 5.09. The molecule has 2 aromatic rings. The second kappa shape index (κ2) is 7.38. The van der Waals surface area contributed by atoms with Gasteiger partial charge in [0.05, 0.1) is 19.9 Å². The Bertz CT molecular complexity index is 1030. The topological polar surface area (TPSA) is 48.0 Å². The van der Waals surface area contributed by atoms with E-state index in [1.54, 1.807) is 26.2 Å². The van der Waals surface area contributed by atoms with Crippen molar-refractivity contribution in [3.8, 4) is 17.2 Å². The average molecular weight is 405 g/mol. The number of carbonyl (C=O) groups is 1. The molecule has 1 aliphatic heterocycles. The SMILES string of the molecule is COc1ccc2c(c1)N(C)C(=O)/C2=C/c1ccc(OC)c(O[C@H]2C[C@@H]3CC[C@H]2C3)c1. The third kappa shape index (κ3) is 3.13. The van der Waals surface area contributed by atoms with Gasteiger partial charge in [-0.2, -0.15) is 0 Å². The number of benzene rings is 2. The van der Waals surface area contributed by atoms with Gasteiger partial charge in [-0.25, -0.2) is 0 Å². The molecule has 0 N–H and O–H groups in total. The molecule has 2 aliphatic carbocycles. The maximum absolute atomic E-state index is 12.9. The van der Waals surface area contributed by atoms with Crippen molar-refractivity contribution in [2.75, 3.05) is 26.2 Å². The van der Waals surface area contributed by atoms with Crippen molar-refractivity contribution in [2.45, 2.75) is 31.8 Å². The summed E-state index contributed by atoms with van der Waals surface area (Å²) in [6.45, 7) is 0. The Morgan fingerprint density at radius 2 is 1.87 bits per heavy atom. The molecule has 5 heteroatoms. The second-order valence-corrected chi connectivity index (χ2v) is 8.55. The molecule has 2 aromatic carbocycles. The van der Waals surface area contributed by atoms with Crippen molar-refractivity contribution in [1.82, 2.24) is 0 Å². The normalized spacial score (nSPS) is 25.7. The molecule has 156 valence electrons. The predicted octanol–water partition coefficient (Wildman–Crippen LogP) is 4.79. The first-order valence-corrected chi connectivity index (χ1v) is 10.6. The van der Waals surface area contributed by atoms with Crippen LogP contribution in [-0.2, 0) is 4.79 Å². The van der Waals surface area contributed by atoms with E-state index in [1.807, 2.05) is 42.5 Å². The van der Waals surface area contributed by atoms with E-state index in [1.165, 1.54) is 19.3 Å². The zero-order valence-corrected chi connectivity index (χ0v) is 17.7. The quantitative estimate of drug-likeness (QED) is 0.671. The maximum Gasteiger partial charge on any atom is 0.258 e. The monoisotopic (exact) mass is 405 g/mol. The summed E-state index contributed by atoms with van der Waals surface area (Å²) in [5.74, 6) is 3.69. The molecule has 5 nitrogen and oxygen atoms in total. The van der Waals surface area contributed by atoms with Crippen molar-refractivity contribution >= 4 is 23.2 Å². The van der Waals surface area contributed by atoms with E-state index in [-0.39, 0.29) is 12.0 Å². The Morgan fingerprint density at radius 3 is 2.57 bits per heavy atom. The highest BCUT2D eigenvalue weighted by molar-refractivity contribution is 6.35. The first-order valence-electron chi connectivity index (χ1n) is 10.6. The van der Waals surface area contributed by atoms with E-state index in [0.717, 1.165) is 46.4 Å². The molecule has 30 heavy (non-hydrogen) atoms. The largest absolute Gasteiger partial charge is 0.497 e. The predicted molar refractivity (Wildman–Crippen MR) is 117 cm³/mol. The lowest BCUT2D eigenvalue weighted by Gasteiger charge is -2.24. The van der Waals surface area contributed by atoms with Crippen molar-refractivity contribution < 1.29 is 19.0 Å². The van der Waals surface area contributed by atoms with Crippen LogP contribution in [0.2, 0.25) is 0 Å². The third-order valence-electron chi connectivity index (χ3n) is 6.84. The number of amides is 1. The van der Waals surface area contributed by atoms with Crippen LogP contribution in [0.15, 0.2) is 36.4 Å². The minimum absolute atomic E-state index is 0.0235. The zero-order valence-electron chi connectivity index (χ0n) is 17.7. The summed E-state index contributed by atoms with van der Waals surface area (Å²) in [5, 5.41) is 0. The van der Waals surface area contributed by atoms with Crippen LogP contribution in [0, 0.1) is 11.8 Å². The third-order valence-corrected chi connectivity index (χ3v) is 6.84. The molecule has 1 heterocycles. The molecule has 3 atom stereocenters. The van der Waals surface area contributed by atoms with E-state index in [2.05, 4.69) is 0 Å². The lowest BCUT2D eigenvalue weighted by Crippen LogP contribution is -2.23. The van der Waals surface area contributed by atoms with E-state index in [0.29, 0.717) is 11.5 Å². The van der Waals surface area contributed by atoms with E-state index >= 15 is 0 Å². The number of ether oxygens (including phenoxy) is 3. The zero-order chi connectivity index (χ0) is 20.8. The second-order valence-electron chi connectivity index (χ2n) is 8.55. The van der Waals surface area contributed by atoms with Crippen LogP contribution in [0.5, 0.6) is 17.2 Å². The van der Waals surface area contributed by atoms with Crippen molar-refractivity contribution in [2.24, 2.45) is 11.8 Å². The van der Waals surface area contributed by atoms with Crippen molar-refractivity contribution in [1.29, 1.82) is 0 Å². The lowest BCUT2D eigenvalue weighted by molar-refractivity contribution is -0.112. The van der Waals surface area contributed by atoms with Crippen LogP contribution in [0.25, 0.3) is 11.6 Å². The minimum Gasteiger partial charge on any atom is -0.497 e. The molecule has 0 unspecified atom stereocenters. The van der Waals surface area contributed by atoms with Crippen LogP contribution < -0.4 is 19.1 Å². The van der Waals surface area contributed by atoms with Crippen LogP contribution in [-0.4, -0.2) is 33.3 Å². The molecule has 0 spiro atoms. The fourth-order valence-corrected chi connectivity index (χ4v) is 5.22. The Labute approximate surface area is 177 Å². The van der Waals surface area contributed by atoms with Gasteiger partial charge >= 0.3 is 0 Å². The average Bonchev–Trinajstić information content (AvgIpc) is 3.45. The Kier molecular flexibility index (Phi) is 4.69. The van der Waals surface area contributed by atoms with Gasteiger partial charge in [-0.3, -0.25) is 4.79 Å². The summed E-state index contributed by atoms with van der Waals surface area (Å²) >= 11 is 0. The summed E-state index contributed by atoms with van der Waals surface area (Å²) in [6.07, 6.45) is 7.24. The Morgan fingerprint density at radius 1 is 1.00 bits per heavy atom. The van der Waals surface area contributed by atoms with Gasteiger partial charge in [0.25, 0.3) is 5.91 Å². The number of hydrogen-bond acceptors (Lipinski definition) is 4. The summed E-state index contributed by atoms with van der Waals surface area (Å²) in [6, 6.07) is 11.6. The molecule has 2 fully saturated rings. The van der Waals surface area contributed by atoms with Gasteiger partial charge in [-0.1, -0.05) is 6.07 Å². The van der Waals surface area contributed by atoms with Crippen LogP contribution >= 0.6 is 0 Å². The standard InChI is InChI=1S/C25H27NO4/c1-26-21-14-18(28-2)7-8-19(21)20(25(26)27)11-16-5-9-22(29-3)24(13-16)30-23-12-15-4-6-17(23)10-15/h5,7-9,11,13-15,17,23H,4,6,10,12H2,1-3H3/b20-11+/t15-,17+,23+/m1/s1. The number of hydrogen-bond donors (Lipinski definition) is 0. The fraction of sp³-hybridized carbons (Fsp3) is 0.400. The molecular formula is C25H27NO4. The molecule has 1 amide bonds. The first kappa shape index (κ1) is 19.0. The maximum atomic E-state index is 12.9. The number of nitrogens with zero attached hydrogens (tertiary/aromatic N) is 1. The molecule has 2 saturated carbocycles. The van der Waals surface area contributed by atoms with Gasteiger partial charge in [0, 0.05) is 24.3 Å². The smallest absolute Gasteiger partial charge is 0.258 e. The van der Waals surface area contributed by atoms with E-state index < -0.39 is 0 Å². The highest BCUT2D eigenvalue weighted by atomic mass is 16.5. The Hall–Kier alpha value is -2.95. The van der Waals surface area contributed by atoms with Gasteiger partial charge < -0.3 is 19.1 Å². The number of fused-ring (bicyclic) bond motifs is 3. The summed E-state index contributed by atoms with van der Waals surface area (Å²) < 4.78 is 17.3. The molecule has 0 aromatic heterocycles. The highest BCUT2D eigenvalue weighted by Crippen LogP contribution is 2.47. The lowest BCUT2D eigenvalue weighted by atomic mass is 9.97. The summed E-state index contributed by atoms with van der Waals surface area (Å²) in [4.78, 5) is 14.6. The molecule has 3 aliphatic rings. The van der Waals surface area contributed by atoms with E-state index in [9.17, 15) is 4.79 Å². The van der Waals surface area contributed by atoms with Crippen LogP contribution in [0.3, 0.4) is 0 Å².